The molecule has 1 saturated heterocycles. The highest BCUT2D eigenvalue weighted by molar-refractivity contribution is 4.84. The van der Waals surface area contributed by atoms with Gasteiger partial charge in [0.2, 0.25) is 0 Å². The first-order valence-electron chi connectivity index (χ1n) is 6.75. The van der Waals surface area contributed by atoms with Crippen molar-refractivity contribution in [3.63, 3.8) is 0 Å². The van der Waals surface area contributed by atoms with E-state index >= 15 is 0 Å². The van der Waals surface area contributed by atoms with Gasteiger partial charge in [-0.25, -0.2) is 0 Å². The predicted octanol–water partition coefficient (Wildman–Crippen LogP) is 0.635. The lowest BCUT2D eigenvalue weighted by Crippen LogP contribution is -2.57. The van der Waals surface area contributed by atoms with Crippen molar-refractivity contribution in [3.8, 4) is 0 Å². The molecule has 1 aliphatic rings. The van der Waals surface area contributed by atoms with Crippen LogP contribution in [0.4, 0.5) is 0 Å². The molecule has 0 spiro atoms. The summed E-state index contributed by atoms with van der Waals surface area (Å²) in [5, 5.41) is 3.49. The molecule has 1 fully saturated rings. The average Bonchev–Trinajstić information content (AvgIpc) is 2.26. The van der Waals surface area contributed by atoms with Gasteiger partial charge in [-0.2, -0.15) is 0 Å². The van der Waals surface area contributed by atoms with Crippen molar-refractivity contribution in [2.24, 2.45) is 0 Å². The number of likely N-dealkylation sites (N-methyl/N-ethyl adjacent to an activating group) is 2. The fourth-order valence-electron chi connectivity index (χ4n) is 2.64. The summed E-state index contributed by atoms with van der Waals surface area (Å²) in [7, 11) is 4.00. The molecule has 102 valence electrons. The largest absolute Gasteiger partial charge is 0.383 e. The van der Waals surface area contributed by atoms with E-state index in [4.69, 9.17) is 4.74 Å². The van der Waals surface area contributed by atoms with Gasteiger partial charge in [0.05, 0.1) is 6.61 Å². The van der Waals surface area contributed by atoms with E-state index in [-0.39, 0.29) is 0 Å². The Hall–Kier alpha value is -0.160. The Labute approximate surface area is 106 Å². The number of methoxy groups -OCH3 is 1. The molecule has 3 unspecified atom stereocenters. The lowest BCUT2D eigenvalue weighted by atomic mass is 10.1. The van der Waals surface area contributed by atoms with Gasteiger partial charge in [0, 0.05) is 44.9 Å². The second-order valence-electron chi connectivity index (χ2n) is 5.29. The van der Waals surface area contributed by atoms with Crippen molar-refractivity contribution in [2.75, 3.05) is 46.9 Å². The first kappa shape index (κ1) is 14.9. The summed E-state index contributed by atoms with van der Waals surface area (Å²) in [5.74, 6) is 0. The number of ether oxygens (including phenoxy) is 1. The van der Waals surface area contributed by atoms with E-state index in [0.717, 1.165) is 32.8 Å². The molecular weight excluding hydrogens is 214 g/mol. The van der Waals surface area contributed by atoms with Crippen molar-refractivity contribution in [1.29, 1.82) is 0 Å². The molecule has 0 aromatic carbocycles. The number of piperazine rings is 1. The molecule has 4 heteroatoms. The zero-order valence-corrected chi connectivity index (χ0v) is 12.1. The van der Waals surface area contributed by atoms with Crippen LogP contribution in [0.2, 0.25) is 0 Å². The Morgan fingerprint density at radius 3 is 2.35 bits per heavy atom. The van der Waals surface area contributed by atoms with Crippen molar-refractivity contribution in [1.82, 2.24) is 15.1 Å². The molecule has 1 rings (SSSR count). The van der Waals surface area contributed by atoms with E-state index in [1.165, 1.54) is 0 Å². The van der Waals surface area contributed by atoms with Gasteiger partial charge in [-0.05, 0) is 27.4 Å². The molecule has 17 heavy (non-hydrogen) atoms. The van der Waals surface area contributed by atoms with E-state index < -0.39 is 0 Å². The Morgan fingerprint density at radius 2 is 1.88 bits per heavy atom. The van der Waals surface area contributed by atoms with Crippen LogP contribution in [0, 0.1) is 0 Å². The van der Waals surface area contributed by atoms with Gasteiger partial charge < -0.3 is 10.1 Å². The van der Waals surface area contributed by atoms with Crippen LogP contribution in [-0.4, -0.2) is 74.9 Å². The first-order valence-corrected chi connectivity index (χ1v) is 6.75. The molecule has 3 atom stereocenters. The SMILES string of the molecule is CCNC(COC)CN1CC(C)N(C)C(C)C1. The van der Waals surface area contributed by atoms with Crippen LogP contribution < -0.4 is 5.32 Å². The summed E-state index contributed by atoms with van der Waals surface area (Å²) in [5.41, 5.74) is 0. The van der Waals surface area contributed by atoms with Gasteiger partial charge in [-0.15, -0.1) is 0 Å². The smallest absolute Gasteiger partial charge is 0.0628 e. The molecule has 0 amide bonds. The summed E-state index contributed by atoms with van der Waals surface area (Å²) in [6.07, 6.45) is 0. The van der Waals surface area contributed by atoms with Gasteiger partial charge >= 0.3 is 0 Å². The minimum Gasteiger partial charge on any atom is -0.383 e. The number of rotatable bonds is 6. The molecule has 0 aliphatic carbocycles. The third-order valence-electron chi connectivity index (χ3n) is 3.77. The van der Waals surface area contributed by atoms with Gasteiger partial charge in [0.15, 0.2) is 0 Å². The molecule has 0 saturated carbocycles. The quantitative estimate of drug-likeness (QED) is 0.741. The number of hydrogen-bond donors (Lipinski definition) is 1. The number of hydrogen-bond acceptors (Lipinski definition) is 4. The summed E-state index contributed by atoms with van der Waals surface area (Å²) in [4.78, 5) is 5.02. The minimum atomic E-state index is 0.452. The summed E-state index contributed by atoms with van der Waals surface area (Å²) < 4.78 is 5.27. The van der Waals surface area contributed by atoms with Crippen molar-refractivity contribution in [3.05, 3.63) is 0 Å². The Bertz CT molecular complexity index is 195. The van der Waals surface area contributed by atoms with Crippen LogP contribution in [0.1, 0.15) is 20.8 Å². The lowest BCUT2D eigenvalue weighted by molar-refractivity contribution is 0.0456. The van der Waals surface area contributed by atoms with Crippen LogP contribution in [0.5, 0.6) is 0 Å². The molecule has 1 aliphatic heterocycles. The van der Waals surface area contributed by atoms with E-state index in [1.807, 2.05) is 0 Å². The molecular formula is C13H29N3O. The lowest BCUT2D eigenvalue weighted by Gasteiger charge is -2.43. The molecule has 0 aromatic rings. The van der Waals surface area contributed by atoms with Gasteiger partial charge in [-0.3, -0.25) is 9.80 Å². The van der Waals surface area contributed by atoms with Crippen molar-refractivity contribution < 1.29 is 4.74 Å². The molecule has 4 nitrogen and oxygen atoms in total. The third-order valence-corrected chi connectivity index (χ3v) is 3.77. The standard InChI is InChI=1S/C13H29N3O/c1-6-14-13(10-17-5)9-16-7-11(2)15(4)12(3)8-16/h11-14H,6-10H2,1-5H3. The monoisotopic (exact) mass is 243 g/mol. The maximum atomic E-state index is 5.27. The van der Waals surface area contributed by atoms with Crippen LogP contribution in [0.3, 0.4) is 0 Å². The molecule has 1 heterocycles. The average molecular weight is 243 g/mol. The van der Waals surface area contributed by atoms with Crippen LogP contribution in [0.15, 0.2) is 0 Å². The molecule has 0 aromatic heterocycles. The molecule has 0 bridgehead atoms. The van der Waals surface area contributed by atoms with Gasteiger partial charge in [-0.1, -0.05) is 6.92 Å². The third kappa shape index (κ3) is 4.54. The highest BCUT2D eigenvalue weighted by Gasteiger charge is 2.27. The van der Waals surface area contributed by atoms with E-state index in [2.05, 4.69) is 42.9 Å². The van der Waals surface area contributed by atoms with Gasteiger partial charge in [0.1, 0.15) is 0 Å². The fourth-order valence-corrected chi connectivity index (χ4v) is 2.64. The summed E-state index contributed by atoms with van der Waals surface area (Å²) >= 11 is 0. The Morgan fingerprint density at radius 1 is 1.29 bits per heavy atom. The zero-order valence-electron chi connectivity index (χ0n) is 12.1. The van der Waals surface area contributed by atoms with Crippen LogP contribution in [0.25, 0.3) is 0 Å². The van der Waals surface area contributed by atoms with Crippen molar-refractivity contribution in [2.45, 2.75) is 38.9 Å². The summed E-state index contributed by atoms with van der Waals surface area (Å²) in [6.45, 7) is 12.0. The predicted molar refractivity (Wildman–Crippen MR) is 72.5 cm³/mol. The first-order chi connectivity index (χ1) is 8.08. The zero-order chi connectivity index (χ0) is 12.8. The van der Waals surface area contributed by atoms with Crippen LogP contribution >= 0.6 is 0 Å². The second-order valence-corrected chi connectivity index (χ2v) is 5.29. The maximum absolute atomic E-state index is 5.27. The maximum Gasteiger partial charge on any atom is 0.0628 e. The fraction of sp³-hybridized carbons (Fsp3) is 1.00. The molecule has 0 radical (unpaired) electrons. The highest BCUT2D eigenvalue weighted by atomic mass is 16.5. The van der Waals surface area contributed by atoms with E-state index in [9.17, 15) is 0 Å². The van der Waals surface area contributed by atoms with E-state index in [0.29, 0.717) is 18.1 Å². The Balaban J connectivity index is 2.44. The number of nitrogens with zero attached hydrogens (tertiary/aromatic N) is 2. The number of nitrogens with one attached hydrogen (secondary N) is 1. The molecule has 1 N–H and O–H groups in total. The second kappa shape index (κ2) is 7.31. The van der Waals surface area contributed by atoms with Crippen LogP contribution in [-0.2, 0) is 4.74 Å². The normalized spacial score (nSPS) is 29.5. The van der Waals surface area contributed by atoms with E-state index in [1.54, 1.807) is 7.11 Å². The highest BCUT2D eigenvalue weighted by Crippen LogP contribution is 2.13. The topological polar surface area (TPSA) is 27.7 Å². The Kier molecular flexibility index (Phi) is 6.41. The van der Waals surface area contributed by atoms with Crippen molar-refractivity contribution >= 4 is 0 Å². The van der Waals surface area contributed by atoms with Gasteiger partial charge in [0.25, 0.3) is 0 Å². The summed E-state index contributed by atoms with van der Waals surface area (Å²) in [6, 6.07) is 1.74. The minimum absolute atomic E-state index is 0.452.